The van der Waals surface area contributed by atoms with E-state index < -0.39 is 0 Å². The van der Waals surface area contributed by atoms with Gasteiger partial charge in [0, 0.05) is 55.9 Å². The molecule has 2 aliphatic carbocycles. The molecule has 0 saturated heterocycles. The molecule has 0 N–H and O–H groups in total. The van der Waals surface area contributed by atoms with Gasteiger partial charge in [0.05, 0.1) is 16.7 Å². The van der Waals surface area contributed by atoms with Crippen LogP contribution in [0.2, 0.25) is 0 Å². The van der Waals surface area contributed by atoms with E-state index in [-0.39, 0.29) is 23.1 Å². The first-order valence-corrected chi connectivity index (χ1v) is 19.6. The van der Waals surface area contributed by atoms with Crippen LogP contribution in [0.5, 0.6) is 0 Å². The molecule has 2 atom stereocenters. The van der Waals surface area contributed by atoms with Crippen LogP contribution in [0.25, 0.3) is 27.8 Å². The Balaban J connectivity index is 1.24. The van der Waals surface area contributed by atoms with Gasteiger partial charge in [-0.2, -0.15) is 0 Å². The average molecular weight is 684 g/mol. The van der Waals surface area contributed by atoms with Gasteiger partial charge in [0.1, 0.15) is 0 Å². The van der Waals surface area contributed by atoms with Crippen LogP contribution in [0.4, 0.5) is 28.4 Å². The molecule has 0 amide bonds. The van der Waals surface area contributed by atoms with Gasteiger partial charge in [0.2, 0.25) is 0 Å². The fourth-order valence-corrected chi connectivity index (χ4v) is 11.9. The topological polar surface area (TPSA) is 11.4 Å². The van der Waals surface area contributed by atoms with Gasteiger partial charge < -0.3 is 14.4 Å². The van der Waals surface area contributed by atoms with Gasteiger partial charge in [-0.3, -0.25) is 0 Å². The quantitative estimate of drug-likeness (QED) is 0.168. The van der Waals surface area contributed by atoms with Crippen molar-refractivity contribution in [2.75, 3.05) is 9.80 Å². The second-order valence-electron chi connectivity index (χ2n) is 17.2. The van der Waals surface area contributed by atoms with Gasteiger partial charge in [-0.25, -0.2) is 0 Å². The highest BCUT2D eigenvalue weighted by Crippen LogP contribution is 2.62. The molecule has 6 aromatic carbocycles. The lowest BCUT2D eigenvalue weighted by atomic mass is 9.33. The molecule has 7 aromatic rings. The van der Waals surface area contributed by atoms with E-state index in [0.717, 1.165) is 0 Å². The Kier molecular flexibility index (Phi) is 5.63. The minimum atomic E-state index is -0.150. The van der Waals surface area contributed by atoms with E-state index in [2.05, 4.69) is 176 Å². The first-order chi connectivity index (χ1) is 25.8. The van der Waals surface area contributed by atoms with E-state index in [1.54, 1.807) is 5.56 Å². The molecule has 53 heavy (non-hydrogen) atoms. The highest BCUT2D eigenvalue weighted by atomic mass is 15.3. The molecule has 1 aromatic heterocycles. The molecule has 0 spiro atoms. The SMILES string of the molecule is CC1(C)c2ccccc2-c2c1c1cc3c(cc1n2-c1ccccc1)B1c2ccccc2N2c4c(ccc(c41)N3c1ccccc1)C1(C)CCCCC21C. The standard InChI is InChI=1S/C49H42BN3/c1-47(2)35-22-12-11-21-33(35)45-43(47)34-29-42-38(30-41(34)52(45)32-19-9-6-10-20-32)50-37-23-13-14-24-39(37)53-46-36(48(3)27-15-16-28-49(48,53)4)25-26-40(44(46)50)51(42)31-17-7-5-8-18-31/h5-14,17-26,29-30H,15-16,27-28H2,1-4H3. The molecule has 0 radical (unpaired) electrons. The van der Waals surface area contributed by atoms with Crippen molar-refractivity contribution in [1.82, 2.24) is 4.57 Å². The lowest BCUT2D eigenvalue weighted by Crippen LogP contribution is -2.64. The van der Waals surface area contributed by atoms with Crippen molar-refractivity contribution >= 4 is 62.4 Å². The van der Waals surface area contributed by atoms with E-state index in [9.17, 15) is 0 Å². The molecule has 12 rings (SSSR count). The van der Waals surface area contributed by atoms with Crippen molar-refractivity contribution < 1.29 is 0 Å². The second kappa shape index (κ2) is 9.93. The number of aromatic nitrogens is 1. The zero-order valence-corrected chi connectivity index (χ0v) is 30.9. The highest BCUT2D eigenvalue weighted by Gasteiger charge is 2.61. The maximum absolute atomic E-state index is 2.82. The molecule has 4 heterocycles. The molecule has 1 fully saturated rings. The normalized spacial score (nSPS) is 22.2. The Labute approximate surface area is 312 Å². The van der Waals surface area contributed by atoms with Crippen LogP contribution >= 0.6 is 0 Å². The summed E-state index contributed by atoms with van der Waals surface area (Å²) in [6.07, 6.45) is 5.01. The molecule has 3 aliphatic heterocycles. The number of rotatable bonds is 2. The van der Waals surface area contributed by atoms with Gasteiger partial charge in [-0.15, -0.1) is 0 Å². The number of anilines is 5. The summed E-state index contributed by atoms with van der Waals surface area (Å²) in [4.78, 5) is 5.42. The Bertz CT molecular complexity index is 2710. The summed E-state index contributed by atoms with van der Waals surface area (Å²) in [6.45, 7) is 10.1. The highest BCUT2D eigenvalue weighted by molar-refractivity contribution is 7.00. The molecular weight excluding hydrogens is 641 g/mol. The van der Waals surface area contributed by atoms with E-state index in [4.69, 9.17) is 0 Å². The van der Waals surface area contributed by atoms with E-state index in [1.807, 2.05) is 0 Å². The lowest BCUT2D eigenvalue weighted by Gasteiger charge is -2.52. The zero-order chi connectivity index (χ0) is 35.4. The molecule has 4 heteroatoms. The summed E-state index contributed by atoms with van der Waals surface area (Å²) in [5.74, 6) is 0. The van der Waals surface area contributed by atoms with E-state index >= 15 is 0 Å². The third-order valence-electron chi connectivity index (χ3n) is 14.5. The molecule has 256 valence electrons. The maximum Gasteiger partial charge on any atom is 0.252 e. The monoisotopic (exact) mass is 683 g/mol. The number of para-hydroxylation sites is 3. The zero-order valence-electron chi connectivity index (χ0n) is 30.9. The second-order valence-corrected chi connectivity index (χ2v) is 17.2. The molecule has 1 saturated carbocycles. The Morgan fingerprint density at radius 3 is 2.09 bits per heavy atom. The van der Waals surface area contributed by atoms with Crippen LogP contribution < -0.4 is 26.2 Å². The number of benzene rings is 6. The molecule has 5 aliphatic rings. The van der Waals surface area contributed by atoms with Crippen molar-refractivity contribution in [3.05, 3.63) is 150 Å². The van der Waals surface area contributed by atoms with Crippen LogP contribution in [0.15, 0.2) is 133 Å². The summed E-state index contributed by atoms with van der Waals surface area (Å²) in [5.41, 5.74) is 20.5. The molecule has 0 bridgehead atoms. The fourth-order valence-electron chi connectivity index (χ4n) is 11.9. The van der Waals surface area contributed by atoms with Crippen LogP contribution in [0, 0.1) is 0 Å². The van der Waals surface area contributed by atoms with Crippen molar-refractivity contribution in [3.63, 3.8) is 0 Å². The van der Waals surface area contributed by atoms with Gasteiger partial charge in [-0.1, -0.05) is 119 Å². The minimum absolute atomic E-state index is 0.0212. The maximum atomic E-state index is 2.82. The predicted molar refractivity (Wildman–Crippen MR) is 223 cm³/mol. The first-order valence-electron chi connectivity index (χ1n) is 19.6. The average Bonchev–Trinajstić information content (AvgIpc) is 3.73. The van der Waals surface area contributed by atoms with Gasteiger partial charge >= 0.3 is 0 Å². The summed E-state index contributed by atoms with van der Waals surface area (Å²) in [7, 11) is 0. The van der Waals surface area contributed by atoms with Crippen molar-refractivity contribution in [1.29, 1.82) is 0 Å². The Morgan fingerprint density at radius 2 is 1.28 bits per heavy atom. The lowest BCUT2D eigenvalue weighted by molar-refractivity contribution is 0.195. The summed E-state index contributed by atoms with van der Waals surface area (Å²) < 4.78 is 2.58. The molecule has 2 unspecified atom stereocenters. The summed E-state index contributed by atoms with van der Waals surface area (Å²) >= 11 is 0. The molecular formula is C49H42BN3. The first kappa shape index (κ1) is 30.0. The van der Waals surface area contributed by atoms with Crippen LogP contribution in [0.1, 0.15) is 70.1 Å². The minimum Gasteiger partial charge on any atom is -0.335 e. The van der Waals surface area contributed by atoms with E-state index in [1.165, 1.54) is 109 Å². The van der Waals surface area contributed by atoms with Gasteiger partial charge in [0.15, 0.2) is 0 Å². The van der Waals surface area contributed by atoms with Crippen LogP contribution in [-0.2, 0) is 10.8 Å². The smallest absolute Gasteiger partial charge is 0.252 e. The largest absolute Gasteiger partial charge is 0.335 e. The number of hydrogen-bond donors (Lipinski definition) is 0. The number of hydrogen-bond acceptors (Lipinski definition) is 2. The third-order valence-corrected chi connectivity index (χ3v) is 14.5. The summed E-state index contributed by atoms with van der Waals surface area (Å²) in [6, 6.07) is 50.8. The summed E-state index contributed by atoms with van der Waals surface area (Å²) in [5, 5.41) is 1.34. The van der Waals surface area contributed by atoms with Crippen LogP contribution in [-0.4, -0.2) is 16.8 Å². The predicted octanol–water partition coefficient (Wildman–Crippen LogP) is 10.3. The number of fused-ring (bicyclic) bond motifs is 13. The van der Waals surface area contributed by atoms with E-state index in [0.29, 0.717) is 0 Å². The third kappa shape index (κ3) is 3.45. The van der Waals surface area contributed by atoms with Crippen LogP contribution in [0.3, 0.4) is 0 Å². The Hall–Kier alpha value is -5.48. The number of nitrogens with zero attached hydrogens (tertiary/aromatic N) is 3. The fraction of sp³-hybridized carbons (Fsp3) is 0.224. The van der Waals surface area contributed by atoms with Gasteiger partial charge in [0.25, 0.3) is 6.71 Å². The molecule has 3 nitrogen and oxygen atoms in total. The van der Waals surface area contributed by atoms with Crippen molar-refractivity contribution in [3.8, 4) is 16.9 Å². The Morgan fingerprint density at radius 1 is 0.585 bits per heavy atom. The van der Waals surface area contributed by atoms with Gasteiger partial charge in [-0.05, 0) is 101 Å². The van der Waals surface area contributed by atoms with Crippen molar-refractivity contribution in [2.24, 2.45) is 0 Å². The van der Waals surface area contributed by atoms with Crippen molar-refractivity contribution in [2.45, 2.75) is 69.7 Å².